The van der Waals surface area contributed by atoms with E-state index in [1.807, 2.05) is 11.8 Å². The minimum Gasteiger partial charge on any atom is -0.335 e. The summed E-state index contributed by atoms with van der Waals surface area (Å²) in [5.41, 5.74) is 0.182. The number of urea groups is 1. The molecule has 2 heterocycles. The second-order valence-corrected chi connectivity index (χ2v) is 10.5. The topological polar surface area (TPSA) is 73.0 Å². The summed E-state index contributed by atoms with van der Waals surface area (Å²) in [6, 6.07) is 0.246. The first-order valence-corrected chi connectivity index (χ1v) is 11.6. The Morgan fingerprint density at radius 3 is 2.04 bits per heavy atom. The van der Waals surface area contributed by atoms with Gasteiger partial charge in [0.2, 0.25) is 10.0 Å². The van der Waals surface area contributed by atoms with Crippen molar-refractivity contribution in [3.8, 4) is 0 Å². The van der Waals surface area contributed by atoms with E-state index in [4.69, 9.17) is 0 Å². The fourth-order valence-corrected chi connectivity index (χ4v) is 5.30. The first-order chi connectivity index (χ1) is 12.0. The van der Waals surface area contributed by atoms with Gasteiger partial charge in [-0.2, -0.15) is 4.31 Å². The summed E-state index contributed by atoms with van der Waals surface area (Å²) in [6.07, 6.45) is 4.64. The summed E-state index contributed by atoms with van der Waals surface area (Å²) in [6.45, 7) is 12.3. The smallest absolute Gasteiger partial charge is 0.317 e. The zero-order valence-electron chi connectivity index (χ0n) is 17.0. The van der Waals surface area contributed by atoms with E-state index in [-0.39, 0.29) is 23.7 Å². The summed E-state index contributed by atoms with van der Waals surface area (Å²) in [7, 11) is -3.18. The van der Waals surface area contributed by atoms with Gasteiger partial charge in [0, 0.05) is 50.3 Å². The van der Waals surface area contributed by atoms with Crippen molar-refractivity contribution in [2.75, 3.05) is 39.0 Å². The van der Waals surface area contributed by atoms with Crippen LogP contribution in [0, 0.1) is 0 Å². The Morgan fingerprint density at radius 2 is 1.62 bits per heavy atom. The summed E-state index contributed by atoms with van der Waals surface area (Å²) in [5, 5.41) is 3.18. The summed E-state index contributed by atoms with van der Waals surface area (Å²) >= 11 is 0. The molecule has 0 spiro atoms. The lowest BCUT2D eigenvalue weighted by Crippen LogP contribution is -2.55. The minimum atomic E-state index is -3.18. The lowest BCUT2D eigenvalue weighted by molar-refractivity contribution is 0.0944. The van der Waals surface area contributed by atoms with E-state index in [9.17, 15) is 13.2 Å². The molecule has 0 aliphatic carbocycles. The van der Waals surface area contributed by atoms with Crippen LogP contribution in [0.5, 0.6) is 0 Å². The Morgan fingerprint density at radius 1 is 1.08 bits per heavy atom. The van der Waals surface area contributed by atoms with Gasteiger partial charge in [-0.25, -0.2) is 13.2 Å². The molecule has 2 rings (SSSR count). The van der Waals surface area contributed by atoms with Crippen molar-refractivity contribution in [3.05, 3.63) is 0 Å². The van der Waals surface area contributed by atoms with Crippen LogP contribution in [0.2, 0.25) is 0 Å². The maximum atomic E-state index is 12.6. The Bertz CT molecular complexity index is 572. The highest BCUT2D eigenvalue weighted by Gasteiger charge is 2.32. The number of likely N-dealkylation sites (tertiary alicyclic amines) is 2. The predicted octanol–water partition coefficient (Wildman–Crippen LogP) is 1.70. The molecule has 7 nitrogen and oxygen atoms in total. The number of sulfonamides is 1. The fraction of sp³-hybridized carbons (Fsp3) is 0.944. The molecular weight excluding hydrogens is 352 g/mol. The molecule has 2 amide bonds. The quantitative estimate of drug-likeness (QED) is 0.796. The number of nitrogens with one attached hydrogen (secondary N) is 1. The zero-order valence-corrected chi connectivity index (χ0v) is 17.8. The van der Waals surface area contributed by atoms with E-state index >= 15 is 0 Å². The number of hydrogen-bond donors (Lipinski definition) is 1. The molecule has 8 heteroatoms. The van der Waals surface area contributed by atoms with Crippen molar-refractivity contribution in [1.82, 2.24) is 19.4 Å². The fourth-order valence-electron chi connectivity index (χ4n) is 4.08. The van der Waals surface area contributed by atoms with Gasteiger partial charge in [0.1, 0.15) is 0 Å². The number of carbonyl (C=O) groups excluding carboxylic acids is 1. The third-order valence-electron chi connectivity index (χ3n) is 5.67. The van der Waals surface area contributed by atoms with E-state index in [1.165, 1.54) is 6.26 Å². The maximum Gasteiger partial charge on any atom is 0.317 e. The van der Waals surface area contributed by atoms with Crippen molar-refractivity contribution in [2.45, 2.75) is 71.0 Å². The number of piperidine rings is 2. The van der Waals surface area contributed by atoms with Crippen LogP contribution >= 0.6 is 0 Å². The maximum absolute atomic E-state index is 12.6. The van der Waals surface area contributed by atoms with Crippen LogP contribution in [-0.4, -0.2) is 85.2 Å². The molecule has 1 N–H and O–H groups in total. The van der Waals surface area contributed by atoms with Gasteiger partial charge >= 0.3 is 6.03 Å². The number of nitrogens with zero attached hydrogens (tertiary/aromatic N) is 3. The molecular formula is C18H36N4O3S. The van der Waals surface area contributed by atoms with Gasteiger partial charge < -0.3 is 10.2 Å². The molecule has 0 bridgehead atoms. The standard InChI is InChI=1S/C18H36N4O3S/c1-6-22(26(5,24)25)16-9-11-20(12-10-16)17(23)19-15-7-13-21(14-8-15)18(2,3)4/h15-16H,6-14H2,1-5H3,(H,19,23). The van der Waals surface area contributed by atoms with Crippen molar-refractivity contribution in [3.63, 3.8) is 0 Å². The molecule has 0 aromatic rings. The number of rotatable bonds is 4. The van der Waals surface area contributed by atoms with Gasteiger partial charge in [-0.1, -0.05) is 6.92 Å². The Hall–Kier alpha value is -0.860. The van der Waals surface area contributed by atoms with E-state index in [0.717, 1.165) is 25.9 Å². The first-order valence-electron chi connectivity index (χ1n) is 9.79. The van der Waals surface area contributed by atoms with Crippen LogP contribution < -0.4 is 5.32 Å². The number of amides is 2. The molecule has 2 aliphatic heterocycles. The average Bonchev–Trinajstić information content (AvgIpc) is 2.54. The molecule has 0 radical (unpaired) electrons. The summed E-state index contributed by atoms with van der Waals surface area (Å²) in [5.74, 6) is 0. The van der Waals surface area contributed by atoms with Crippen molar-refractivity contribution in [1.29, 1.82) is 0 Å². The normalized spacial score (nSPS) is 22.0. The molecule has 0 unspecified atom stereocenters. The van der Waals surface area contributed by atoms with Gasteiger partial charge in [-0.15, -0.1) is 0 Å². The van der Waals surface area contributed by atoms with Crippen LogP contribution in [0.4, 0.5) is 4.79 Å². The number of carbonyl (C=O) groups is 1. The highest BCUT2D eigenvalue weighted by atomic mass is 32.2. The largest absolute Gasteiger partial charge is 0.335 e. The second-order valence-electron chi connectivity index (χ2n) is 8.57. The Kier molecular flexibility index (Phi) is 6.96. The second kappa shape index (κ2) is 8.44. The third kappa shape index (κ3) is 5.57. The van der Waals surface area contributed by atoms with E-state index in [2.05, 4.69) is 31.0 Å². The molecule has 2 fully saturated rings. The van der Waals surface area contributed by atoms with Gasteiger partial charge in [0.25, 0.3) is 0 Å². The van der Waals surface area contributed by atoms with Crippen LogP contribution in [0.15, 0.2) is 0 Å². The molecule has 0 aromatic heterocycles. The zero-order chi connectivity index (χ0) is 19.5. The lowest BCUT2D eigenvalue weighted by atomic mass is 9.98. The van der Waals surface area contributed by atoms with Crippen LogP contribution in [0.3, 0.4) is 0 Å². The SMILES string of the molecule is CCN(C1CCN(C(=O)NC2CCN(C(C)(C)C)CC2)CC1)S(C)(=O)=O. The molecule has 152 valence electrons. The van der Waals surface area contributed by atoms with Crippen LogP contribution in [0.25, 0.3) is 0 Å². The minimum absolute atomic E-state index is 0.0000581. The van der Waals surface area contributed by atoms with Crippen molar-refractivity contribution in [2.24, 2.45) is 0 Å². The highest BCUT2D eigenvalue weighted by Crippen LogP contribution is 2.21. The molecule has 0 aromatic carbocycles. The molecule has 0 atom stereocenters. The molecule has 2 aliphatic rings. The van der Waals surface area contributed by atoms with E-state index < -0.39 is 10.0 Å². The van der Waals surface area contributed by atoms with Crippen LogP contribution in [0.1, 0.15) is 53.4 Å². The molecule has 0 saturated carbocycles. The van der Waals surface area contributed by atoms with Gasteiger partial charge in [0.05, 0.1) is 6.26 Å². The molecule has 26 heavy (non-hydrogen) atoms. The summed E-state index contributed by atoms with van der Waals surface area (Å²) in [4.78, 5) is 16.9. The average molecular weight is 389 g/mol. The Labute approximate surface area is 159 Å². The lowest BCUT2D eigenvalue weighted by Gasteiger charge is -2.42. The summed E-state index contributed by atoms with van der Waals surface area (Å²) < 4.78 is 25.3. The van der Waals surface area contributed by atoms with Gasteiger partial charge in [-0.05, 0) is 46.5 Å². The van der Waals surface area contributed by atoms with Crippen molar-refractivity contribution >= 4 is 16.1 Å². The van der Waals surface area contributed by atoms with Gasteiger partial charge in [-0.3, -0.25) is 4.90 Å². The monoisotopic (exact) mass is 388 g/mol. The number of hydrogen-bond acceptors (Lipinski definition) is 4. The van der Waals surface area contributed by atoms with Gasteiger partial charge in [0.15, 0.2) is 0 Å². The van der Waals surface area contributed by atoms with Crippen molar-refractivity contribution < 1.29 is 13.2 Å². The first kappa shape index (κ1) is 21.4. The van der Waals surface area contributed by atoms with E-state index in [1.54, 1.807) is 4.31 Å². The predicted molar refractivity (Wildman–Crippen MR) is 105 cm³/mol. The highest BCUT2D eigenvalue weighted by molar-refractivity contribution is 7.88. The van der Waals surface area contributed by atoms with E-state index in [0.29, 0.717) is 32.5 Å². The molecule has 2 saturated heterocycles. The third-order valence-corrected chi connectivity index (χ3v) is 7.08. The van der Waals surface area contributed by atoms with Crippen LogP contribution in [-0.2, 0) is 10.0 Å². The Balaban J connectivity index is 1.79.